The standard InChI is InChI=1S/C13H7BrCl2N2O3/c14-8-3-6(13(20)21)1-2-9(8)17-12(19)7-4-10(15)18-11(16)5-7/h1-5H,(H,17,19)(H,20,21). The Kier molecular flexibility index (Phi) is 4.82. The molecule has 0 saturated heterocycles. The number of pyridine rings is 1. The number of aromatic nitrogens is 1. The molecule has 21 heavy (non-hydrogen) atoms. The van der Waals surface area contributed by atoms with E-state index in [0.717, 1.165) is 0 Å². The van der Waals surface area contributed by atoms with Crippen molar-refractivity contribution in [2.24, 2.45) is 0 Å². The van der Waals surface area contributed by atoms with Gasteiger partial charge in [0.25, 0.3) is 5.91 Å². The highest BCUT2D eigenvalue weighted by Crippen LogP contribution is 2.25. The van der Waals surface area contributed by atoms with Crippen LogP contribution in [-0.4, -0.2) is 22.0 Å². The van der Waals surface area contributed by atoms with Gasteiger partial charge in [-0.3, -0.25) is 4.79 Å². The molecule has 1 amide bonds. The van der Waals surface area contributed by atoms with Gasteiger partial charge in [-0.05, 0) is 46.3 Å². The molecular formula is C13H7BrCl2N2O3. The van der Waals surface area contributed by atoms with Crippen LogP contribution in [0.15, 0.2) is 34.8 Å². The number of benzene rings is 1. The predicted octanol–water partition coefficient (Wildman–Crippen LogP) is 4.10. The van der Waals surface area contributed by atoms with Gasteiger partial charge in [0.1, 0.15) is 10.3 Å². The smallest absolute Gasteiger partial charge is 0.335 e. The first-order valence-corrected chi connectivity index (χ1v) is 7.09. The fraction of sp³-hybridized carbons (Fsp3) is 0. The number of hydrogen-bond acceptors (Lipinski definition) is 3. The lowest BCUT2D eigenvalue weighted by molar-refractivity contribution is 0.0696. The van der Waals surface area contributed by atoms with Gasteiger partial charge in [0.15, 0.2) is 0 Å². The van der Waals surface area contributed by atoms with Gasteiger partial charge in [-0.15, -0.1) is 0 Å². The Hall–Kier alpha value is -1.63. The highest BCUT2D eigenvalue weighted by atomic mass is 79.9. The van der Waals surface area contributed by atoms with E-state index in [0.29, 0.717) is 10.2 Å². The lowest BCUT2D eigenvalue weighted by Crippen LogP contribution is -2.13. The van der Waals surface area contributed by atoms with Crippen molar-refractivity contribution in [2.45, 2.75) is 0 Å². The maximum atomic E-state index is 12.1. The van der Waals surface area contributed by atoms with Crippen LogP contribution in [0.1, 0.15) is 20.7 Å². The number of nitrogens with zero attached hydrogens (tertiary/aromatic N) is 1. The van der Waals surface area contributed by atoms with E-state index in [-0.39, 0.29) is 21.4 Å². The Labute approximate surface area is 138 Å². The number of anilines is 1. The molecule has 0 fully saturated rings. The van der Waals surface area contributed by atoms with Gasteiger partial charge in [-0.1, -0.05) is 23.2 Å². The second kappa shape index (κ2) is 6.43. The summed E-state index contributed by atoms with van der Waals surface area (Å²) in [5.41, 5.74) is 0.776. The number of amides is 1. The zero-order valence-electron chi connectivity index (χ0n) is 10.2. The highest BCUT2D eigenvalue weighted by Gasteiger charge is 2.12. The summed E-state index contributed by atoms with van der Waals surface area (Å²) in [6, 6.07) is 7.01. The molecule has 2 rings (SSSR count). The molecule has 0 aliphatic carbocycles. The van der Waals surface area contributed by atoms with E-state index in [4.69, 9.17) is 28.3 Å². The predicted molar refractivity (Wildman–Crippen MR) is 83.3 cm³/mol. The molecule has 2 N–H and O–H groups in total. The van der Waals surface area contributed by atoms with Crippen LogP contribution < -0.4 is 5.32 Å². The van der Waals surface area contributed by atoms with Gasteiger partial charge in [0, 0.05) is 10.0 Å². The third-order valence-electron chi connectivity index (χ3n) is 2.49. The first kappa shape index (κ1) is 15.8. The first-order valence-electron chi connectivity index (χ1n) is 5.54. The number of rotatable bonds is 3. The molecule has 1 aromatic heterocycles. The molecule has 0 aliphatic heterocycles. The van der Waals surface area contributed by atoms with Crippen LogP contribution >= 0.6 is 39.1 Å². The molecule has 1 heterocycles. The summed E-state index contributed by atoms with van der Waals surface area (Å²) in [6.45, 7) is 0. The second-order valence-electron chi connectivity index (χ2n) is 3.96. The number of carbonyl (C=O) groups excluding carboxylic acids is 1. The molecule has 0 atom stereocenters. The fourth-order valence-corrected chi connectivity index (χ4v) is 2.48. The lowest BCUT2D eigenvalue weighted by atomic mass is 10.2. The quantitative estimate of drug-likeness (QED) is 0.774. The van der Waals surface area contributed by atoms with Crippen molar-refractivity contribution in [3.8, 4) is 0 Å². The Balaban J connectivity index is 2.25. The fourth-order valence-electron chi connectivity index (χ4n) is 1.54. The molecule has 0 bridgehead atoms. The molecule has 2 aromatic rings. The summed E-state index contributed by atoms with van der Waals surface area (Å²) in [5, 5.41) is 11.7. The summed E-state index contributed by atoms with van der Waals surface area (Å²) in [6.07, 6.45) is 0. The number of nitrogens with one attached hydrogen (secondary N) is 1. The van der Waals surface area contributed by atoms with E-state index in [1.165, 1.54) is 30.3 Å². The summed E-state index contributed by atoms with van der Waals surface area (Å²) in [4.78, 5) is 26.7. The molecule has 8 heteroatoms. The summed E-state index contributed by atoms with van der Waals surface area (Å²) in [7, 11) is 0. The van der Waals surface area contributed by atoms with Crippen LogP contribution in [0.25, 0.3) is 0 Å². The van der Waals surface area contributed by atoms with Crippen LogP contribution in [-0.2, 0) is 0 Å². The molecule has 1 aromatic carbocycles. The minimum absolute atomic E-state index is 0.105. The van der Waals surface area contributed by atoms with Crippen molar-refractivity contribution in [3.05, 3.63) is 56.2 Å². The number of carbonyl (C=O) groups is 2. The Morgan fingerprint density at radius 1 is 1.10 bits per heavy atom. The number of carboxylic acid groups (broad SMARTS) is 1. The van der Waals surface area contributed by atoms with E-state index in [1.54, 1.807) is 0 Å². The minimum atomic E-state index is -1.05. The average molecular weight is 390 g/mol. The number of hydrogen-bond donors (Lipinski definition) is 2. The van der Waals surface area contributed by atoms with Gasteiger partial charge < -0.3 is 10.4 Å². The number of aromatic carboxylic acids is 1. The van der Waals surface area contributed by atoms with E-state index in [1.807, 2.05) is 0 Å². The largest absolute Gasteiger partial charge is 0.478 e. The Bertz CT molecular complexity index is 717. The molecular weight excluding hydrogens is 383 g/mol. The van der Waals surface area contributed by atoms with Crippen LogP contribution in [0.4, 0.5) is 5.69 Å². The molecule has 0 radical (unpaired) electrons. The third-order valence-corrected chi connectivity index (χ3v) is 3.53. The SMILES string of the molecule is O=C(O)c1ccc(NC(=O)c2cc(Cl)nc(Cl)c2)c(Br)c1. The van der Waals surface area contributed by atoms with Crippen molar-refractivity contribution >= 4 is 56.7 Å². The van der Waals surface area contributed by atoms with Gasteiger partial charge in [0.05, 0.1) is 11.3 Å². The van der Waals surface area contributed by atoms with Crippen LogP contribution in [0, 0.1) is 0 Å². The minimum Gasteiger partial charge on any atom is -0.478 e. The first-order chi connectivity index (χ1) is 9.86. The van der Waals surface area contributed by atoms with Crippen LogP contribution in [0.3, 0.4) is 0 Å². The van der Waals surface area contributed by atoms with E-state index < -0.39 is 11.9 Å². The molecule has 5 nitrogen and oxygen atoms in total. The van der Waals surface area contributed by atoms with Gasteiger partial charge in [-0.2, -0.15) is 0 Å². The van der Waals surface area contributed by atoms with Gasteiger partial charge in [0.2, 0.25) is 0 Å². The lowest BCUT2D eigenvalue weighted by Gasteiger charge is -2.08. The molecule has 0 unspecified atom stereocenters. The normalized spacial score (nSPS) is 10.2. The monoisotopic (exact) mass is 388 g/mol. The second-order valence-corrected chi connectivity index (χ2v) is 5.58. The summed E-state index contributed by atoms with van der Waals surface area (Å²) in [5.74, 6) is -1.49. The Morgan fingerprint density at radius 3 is 2.24 bits per heavy atom. The summed E-state index contributed by atoms with van der Waals surface area (Å²) >= 11 is 14.7. The molecule has 108 valence electrons. The highest BCUT2D eigenvalue weighted by molar-refractivity contribution is 9.10. The third kappa shape index (κ3) is 3.93. The van der Waals surface area contributed by atoms with Crippen LogP contribution in [0.2, 0.25) is 10.3 Å². The molecule has 0 saturated carbocycles. The van der Waals surface area contributed by atoms with Crippen molar-refractivity contribution < 1.29 is 14.7 Å². The molecule has 0 aliphatic rings. The average Bonchev–Trinajstić information content (AvgIpc) is 2.39. The van der Waals surface area contributed by atoms with Crippen molar-refractivity contribution in [1.29, 1.82) is 0 Å². The maximum absolute atomic E-state index is 12.1. The topological polar surface area (TPSA) is 79.3 Å². The maximum Gasteiger partial charge on any atom is 0.335 e. The Morgan fingerprint density at radius 2 is 1.71 bits per heavy atom. The van der Waals surface area contributed by atoms with Crippen molar-refractivity contribution in [3.63, 3.8) is 0 Å². The van der Waals surface area contributed by atoms with Gasteiger partial charge in [-0.25, -0.2) is 9.78 Å². The number of carboxylic acids is 1. The van der Waals surface area contributed by atoms with E-state index in [2.05, 4.69) is 26.2 Å². The number of halogens is 3. The van der Waals surface area contributed by atoms with Crippen LogP contribution in [0.5, 0.6) is 0 Å². The van der Waals surface area contributed by atoms with Crippen molar-refractivity contribution in [2.75, 3.05) is 5.32 Å². The zero-order chi connectivity index (χ0) is 15.6. The molecule has 0 spiro atoms. The summed E-state index contributed by atoms with van der Waals surface area (Å²) < 4.78 is 0.446. The van der Waals surface area contributed by atoms with Gasteiger partial charge >= 0.3 is 5.97 Å². The zero-order valence-corrected chi connectivity index (χ0v) is 13.3. The van der Waals surface area contributed by atoms with E-state index in [9.17, 15) is 9.59 Å². The van der Waals surface area contributed by atoms with E-state index >= 15 is 0 Å². The van der Waals surface area contributed by atoms with Crippen molar-refractivity contribution in [1.82, 2.24) is 4.98 Å².